The number of hydrogen-bond donors (Lipinski definition) is 0. The van der Waals surface area contributed by atoms with E-state index in [0.29, 0.717) is 0 Å². The Kier molecular flexibility index (Phi) is 6.03. The Morgan fingerprint density at radius 3 is 1.10 bits per heavy atom. The van der Waals surface area contributed by atoms with E-state index < -0.39 is 0 Å². The number of hydrogen-bond acceptors (Lipinski definition) is 0. The minimum atomic E-state index is 0.0446. The van der Waals surface area contributed by atoms with Crippen LogP contribution in [0, 0.1) is 0 Å². The third-order valence-electron chi connectivity index (χ3n) is 8.92. The molecule has 0 aliphatic rings. The van der Waals surface area contributed by atoms with Gasteiger partial charge in [-0.05, 0) is 112 Å². The standard InChI is InChI=1S/C42H38/c1-41(2,3)33-19-21-35-37(25-33)39(31-17-15-27-11-7-9-13-29(27)23-31)36-22-20-34(42(4,5)6)26-38(36)40(35)32-18-16-28-12-8-10-14-30(28)24-32/h7-26H,1-6H3. The first-order chi connectivity index (χ1) is 20.1. The molecule has 0 unspecified atom stereocenters. The first-order valence-corrected chi connectivity index (χ1v) is 15.1. The minimum absolute atomic E-state index is 0.0446. The first kappa shape index (κ1) is 26.5. The van der Waals surface area contributed by atoms with E-state index in [-0.39, 0.29) is 10.8 Å². The van der Waals surface area contributed by atoms with Crippen LogP contribution in [-0.4, -0.2) is 0 Å². The van der Waals surface area contributed by atoms with Gasteiger partial charge in [0.1, 0.15) is 0 Å². The molecule has 0 saturated heterocycles. The zero-order valence-electron chi connectivity index (χ0n) is 25.5. The molecule has 7 rings (SSSR count). The maximum Gasteiger partial charge on any atom is -0.00260 e. The zero-order valence-corrected chi connectivity index (χ0v) is 25.5. The lowest BCUT2D eigenvalue weighted by atomic mass is 9.79. The summed E-state index contributed by atoms with van der Waals surface area (Å²) in [6, 6.07) is 45.7. The van der Waals surface area contributed by atoms with Crippen LogP contribution in [0.15, 0.2) is 121 Å². The Balaban J connectivity index is 1.67. The summed E-state index contributed by atoms with van der Waals surface area (Å²) in [6.45, 7) is 13.9. The summed E-state index contributed by atoms with van der Waals surface area (Å²) in [5.74, 6) is 0. The van der Waals surface area contributed by atoms with Crippen LogP contribution in [0.1, 0.15) is 52.7 Å². The molecule has 0 spiro atoms. The van der Waals surface area contributed by atoms with E-state index in [9.17, 15) is 0 Å². The highest BCUT2D eigenvalue weighted by Crippen LogP contribution is 2.46. The van der Waals surface area contributed by atoms with E-state index in [4.69, 9.17) is 0 Å². The van der Waals surface area contributed by atoms with Crippen molar-refractivity contribution in [3.05, 3.63) is 132 Å². The minimum Gasteiger partial charge on any atom is -0.0616 e. The SMILES string of the molecule is CC(C)(C)c1ccc2c(-c3ccc4ccccc4c3)c3cc(C(C)(C)C)ccc3c(-c3ccc4ccccc4c3)c2c1. The molecule has 0 nitrogen and oxygen atoms in total. The number of benzene rings is 7. The molecule has 0 aliphatic carbocycles. The molecule has 0 saturated carbocycles. The van der Waals surface area contributed by atoms with Gasteiger partial charge < -0.3 is 0 Å². The molecule has 0 radical (unpaired) electrons. The van der Waals surface area contributed by atoms with Crippen molar-refractivity contribution in [2.24, 2.45) is 0 Å². The fraction of sp³-hybridized carbons (Fsp3) is 0.190. The molecule has 0 atom stereocenters. The highest BCUT2D eigenvalue weighted by Gasteiger charge is 2.22. The maximum absolute atomic E-state index is 2.46. The summed E-state index contributed by atoms with van der Waals surface area (Å²) in [5, 5.41) is 10.3. The topological polar surface area (TPSA) is 0 Å². The van der Waals surface area contributed by atoms with Gasteiger partial charge in [-0.15, -0.1) is 0 Å². The molecule has 7 aromatic rings. The Labute approximate surface area is 249 Å². The van der Waals surface area contributed by atoms with E-state index in [2.05, 4.69) is 163 Å². The molecular weight excluding hydrogens is 504 g/mol. The molecule has 0 heteroatoms. The van der Waals surface area contributed by atoms with Crippen LogP contribution >= 0.6 is 0 Å². The predicted octanol–water partition coefficient (Wildman–Crippen LogP) is 12.2. The molecule has 0 heterocycles. The molecule has 0 fully saturated rings. The Bertz CT molecular complexity index is 1990. The normalized spacial score (nSPS) is 12.5. The fourth-order valence-electron chi connectivity index (χ4n) is 6.47. The van der Waals surface area contributed by atoms with Gasteiger partial charge in [0.05, 0.1) is 0 Å². The third-order valence-corrected chi connectivity index (χ3v) is 8.92. The molecule has 0 amide bonds. The van der Waals surface area contributed by atoms with E-state index >= 15 is 0 Å². The van der Waals surface area contributed by atoms with Crippen molar-refractivity contribution in [3.8, 4) is 22.3 Å². The Morgan fingerprint density at radius 1 is 0.333 bits per heavy atom. The van der Waals surface area contributed by atoms with Crippen molar-refractivity contribution in [2.75, 3.05) is 0 Å². The summed E-state index contributed by atoms with van der Waals surface area (Å²) in [7, 11) is 0. The summed E-state index contributed by atoms with van der Waals surface area (Å²) < 4.78 is 0. The summed E-state index contributed by atoms with van der Waals surface area (Å²) in [6.07, 6.45) is 0. The molecule has 0 aromatic heterocycles. The number of fused-ring (bicyclic) bond motifs is 4. The molecule has 42 heavy (non-hydrogen) atoms. The van der Waals surface area contributed by atoms with Gasteiger partial charge >= 0.3 is 0 Å². The Morgan fingerprint density at radius 2 is 0.714 bits per heavy atom. The third kappa shape index (κ3) is 4.47. The Hall–Kier alpha value is -4.42. The second-order valence-electron chi connectivity index (χ2n) is 13.9. The van der Waals surface area contributed by atoms with Crippen LogP contribution in [-0.2, 0) is 10.8 Å². The molecule has 0 N–H and O–H groups in total. The van der Waals surface area contributed by atoms with Crippen molar-refractivity contribution < 1.29 is 0 Å². The van der Waals surface area contributed by atoms with Crippen molar-refractivity contribution in [1.82, 2.24) is 0 Å². The van der Waals surface area contributed by atoms with Gasteiger partial charge in [0.25, 0.3) is 0 Å². The van der Waals surface area contributed by atoms with E-state index in [0.717, 1.165) is 0 Å². The lowest BCUT2D eigenvalue weighted by molar-refractivity contribution is 0.590. The second kappa shape index (κ2) is 9.57. The lowest BCUT2D eigenvalue weighted by Crippen LogP contribution is -2.11. The number of rotatable bonds is 2. The summed E-state index contributed by atoms with van der Waals surface area (Å²) in [4.78, 5) is 0. The zero-order chi connectivity index (χ0) is 29.2. The largest absolute Gasteiger partial charge is 0.0616 e. The van der Waals surface area contributed by atoms with Gasteiger partial charge in [0.2, 0.25) is 0 Å². The van der Waals surface area contributed by atoms with Crippen LogP contribution in [0.25, 0.3) is 65.3 Å². The monoisotopic (exact) mass is 542 g/mol. The average molecular weight is 543 g/mol. The highest BCUT2D eigenvalue weighted by atomic mass is 14.3. The molecule has 0 bridgehead atoms. The van der Waals surface area contributed by atoms with E-state index in [1.54, 1.807) is 0 Å². The highest BCUT2D eigenvalue weighted by molar-refractivity contribution is 6.22. The molecule has 206 valence electrons. The van der Waals surface area contributed by atoms with Crippen LogP contribution in [0.4, 0.5) is 0 Å². The lowest BCUT2D eigenvalue weighted by Gasteiger charge is -2.25. The van der Waals surface area contributed by atoms with Gasteiger partial charge in [-0.3, -0.25) is 0 Å². The van der Waals surface area contributed by atoms with Crippen LogP contribution < -0.4 is 0 Å². The van der Waals surface area contributed by atoms with Crippen LogP contribution in [0.5, 0.6) is 0 Å². The van der Waals surface area contributed by atoms with Crippen molar-refractivity contribution >= 4 is 43.1 Å². The smallest absolute Gasteiger partial charge is 0.00260 e. The molecular formula is C42H38. The molecule has 7 aromatic carbocycles. The van der Waals surface area contributed by atoms with E-state index in [1.165, 1.54) is 76.5 Å². The summed E-state index contributed by atoms with van der Waals surface area (Å²) in [5.41, 5.74) is 7.97. The first-order valence-electron chi connectivity index (χ1n) is 15.1. The van der Waals surface area contributed by atoms with Crippen LogP contribution in [0.3, 0.4) is 0 Å². The fourth-order valence-corrected chi connectivity index (χ4v) is 6.47. The second-order valence-corrected chi connectivity index (χ2v) is 13.9. The quantitative estimate of drug-likeness (QED) is 0.191. The van der Waals surface area contributed by atoms with Gasteiger partial charge in [-0.25, -0.2) is 0 Å². The van der Waals surface area contributed by atoms with Crippen LogP contribution in [0.2, 0.25) is 0 Å². The van der Waals surface area contributed by atoms with Gasteiger partial charge in [-0.2, -0.15) is 0 Å². The maximum atomic E-state index is 2.46. The average Bonchev–Trinajstić information content (AvgIpc) is 2.98. The summed E-state index contributed by atoms with van der Waals surface area (Å²) >= 11 is 0. The van der Waals surface area contributed by atoms with Gasteiger partial charge in [0.15, 0.2) is 0 Å². The molecule has 0 aliphatic heterocycles. The van der Waals surface area contributed by atoms with Crippen molar-refractivity contribution in [1.29, 1.82) is 0 Å². The van der Waals surface area contributed by atoms with Gasteiger partial charge in [-0.1, -0.05) is 139 Å². The van der Waals surface area contributed by atoms with Crippen molar-refractivity contribution in [3.63, 3.8) is 0 Å². The predicted molar refractivity (Wildman–Crippen MR) is 185 cm³/mol. The van der Waals surface area contributed by atoms with Gasteiger partial charge in [0, 0.05) is 0 Å². The van der Waals surface area contributed by atoms with Crippen molar-refractivity contribution in [2.45, 2.75) is 52.4 Å². The van der Waals surface area contributed by atoms with E-state index in [1.807, 2.05) is 0 Å².